The fourth-order valence-corrected chi connectivity index (χ4v) is 5.55. The molecule has 0 bridgehead atoms. The molecule has 0 radical (unpaired) electrons. The number of hydrogen-bond donors (Lipinski definition) is 0. The van der Waals surface area contributed by atoms with Gasteiger partial charge in [0.25, 0.3) is 10.0 Å². The van der Waals surface area contributed by atoms with Gasteiger partial charge in [0.15, 0.2) is 0 Å². The number of fused-ring (bicyclic) bond motifs is 1. The molecule has 0 atom stereocenters. The highest BCUT2D eigenvalue weighted by Gasteiger charge is 2.32. The molecule has 0 aliphatic carbocycles. The first-order valence-corrected chi connectivity index (χ1v) is 11.6. The van der Waals surface area contributed by atoms with E-state index >= 15 is 0 Å². The van der Waals surface area contributed by atoms with Gasteiger partial charge >= 0.3 is 5.97 Å². The van der Waals surface area contributed by atoms with E-state index in [0.717, 1.165) is 15.2 Å². The van der Waals surface area contributed by atoms with Gasteiger partial charge in [-0.3, -0.25) is 4.90 Å². The Kier molecular flexibility index (Phi) is 5.68. The molecule has 1 saturated heterocycles. The average Bonchev–Trinajstić information content (AvgIpc) is 3.36. The SMILES string of the molecule is CCOC(=O)c1ccc(S(=O)(=O)N2CCN(Cc3nc4ccccc4s3)CC2)o1. The second kappa shape index (κ2) is 8.23. The van der Waals surface area contributed by atoms with Crippen molar-refractivity contribution in [1.29, 1.82) is 0 Å². The van der Waals surface area contributed by atoms with Crippen molar-refractivity contribution in [3.05, 3.63) is 47.2 Å². The summed E-state index contributed by atoms with van der Waals surface area (Å²) in [4.78, 5) is 18.5. The number of ether oxygens (including phenoxy) is 1. The molecular formula is C19H21N3O5S2. The maximum Gasteiger partial charge on any atom is 0.374 e. The monoisotopic (exact) mass is 435 g/mol. The highest BCUT2D eigenvalue weighted by Crippen LogP contribution is 2.24. The molecule has 1 aliphatic heterocycles. The van der Waals surface area contributed by atoms with Gasteiger partial charge in [-0.2, -0.15) is 4.31 Å². The number of rotatable bonds is 6. The maximum absolute atomic E-state index is 12.8. The fourth-order valence-electron chi connectivity index (χ4n) is 3.20. The quantitative estimate of drug-likeness (QED) is 0.550. The Morgan fingerprint density at radius 2 is 1.93 bits per heavy atom. The number of nitrogens with zero attached hydrogens (tertiary/aromatic N) is 3. The van der Waals surface area contributed by atoms with E-state index < -0.39 is 16.0 Å². The number of sulfonamides is 1. The standard InChI is InChI=1S/C19H21N3O5S2/c1-2-26-19(23)15-7-8-18(27-15)29(24,25)22-11-9-21(10-12-22)13-17-20-14-5-3-4-6-16(14)28-17/h3-8H,2,9-13H2,1H3. The van der Waals surface area contributed by atoms with Gasteiger partial charge in [0.05, 0.1) is 23.4 Å². The second-order valence-electron chi connectivity index (χ2n) is 6.59. The summed E-state index contributed by atoms with van der Waals surface area (Å²) in [6.45, 7) is 4.46. The van der Waals surface area contributed by atoms with Gasteiger partial charge < -0.3 is 9.15 Å². The van der Waals surface area contributed by atoms with Gasteiger partial charge in [-0.15, -0.1) is 11.3 Å². The van der Waals surface area contributed by atoms with Crippen molar-refractivity contribution in [2.75, 3.05) is 32.8 Å². The van der Waals surface area contributed by atoms with Gasteiger partial charge in [-0.1, -0.05) is 12.1 Å². The molecule has 0 amide bonds. The van der Waals surface area contributed by atoms with Crippen LogP contribution in [0.3, 0.4) is 0 Å². The molecule has 1 fully saturated rings. The van der Waals surface area contributed by atoms with E-state index in [1.54, 1.807) is 18.3 Å². The van der Waals surface area contributed by atoms with Crippen LogP contribution in [0.4, 0.5) is 0 Å². The number of carbonyl (C=O) groups is 1. The number of piperazine rings is 1. The molecule has 3 heterocycles. The van der Waals surface area contributed by atoms with Gasteiger partial charge in [0, 0.05) is 26.2 Å². The highest BCUT2D eigenvalue weighted by molar-refractivity contribution is 7.89. The van der Waals surface area contributed by atoms with Crippen LogP contribution in [-0.4, -0.2) is 61.4 Å². The van der Waals surface area contributed by atoms with E-state index in [9.17, 15) is 13.2 Å². The molecule has 0 unspecified atom stereocenters. The predicted molar refractivity (Wildman–Crippen MR) is 108 cm³/mol. The third kappa shape index (κ3) is 4.20. The minimum absolute atomic E-state index is 0.111. The molecule has 29 heavy (non-hydrogen) atoms. The maximum atomic E-state index is 12.8. The van der Waals surface area contributed by atoms with Crippen molar-refractivity contribution in [2.24, 2.45) is 0 Å². The van der Waals surface area contributed by atoms with E-state index in [0.29, 0.717) is 32.7 Å². The number of thiazole rings is 1. The normalized spacial score (nSPS) is 16.3. The molecule has 0 N–H and O–H groups in total. The third-order valence-electron chi connectivity index (χ3n) is 4.68. The van der Waals surface area contributed by atoms with Crippen LogP contribution in [-0.2, 0) is 21.3 Å². The molecule has 1 aliphatic rings. The fraction of sp³-hybridized carbons (Fsp3) is 0.368. The number of furan rings is 1. The Labute approximate surface area is 172 Å². The van der Waals surface area contributed by atoms with Crippen molar-refractivity contribution >= 4 is 37.5 Å². The smallest absolute Gasteiger partial charge is 0.374 e. The van der Waals surface area contributed by atoms with Gasteiger partial charge in [-0.05, 0) is 31.2 Å². The summed E-state index contributed by atoms with van der Waals surface area (Å²) in [5.41, 5.74) is 0.990. The first-order valence-electron chi connectivity index (χ1n) is 9.31. The zero-order valence-electron chi connectivity index (χ0n) is 15.9. The van der Waals surface area contributed by atoms with E-state index in [1.165, 1.54) is 16.4 Å². The Balaban J connectivity index is 1.39. The lowest BCUT2D eigenvalue weighted by Crippen LogP contribution is -2.48. The van der Waals surface area contributed by atoms with Crippen LogP contribution < -0.4 is 0 Å². The summed E-state index contributed by atoms with van der Waals surface area (Å²) >= 11 is 1.66. The summed E-state index contributed by atoms with van der Waals surface area (Å²) in [7, 11) is -3.79. The van der Waals surface area contributed by atoms with Gasteiger partial charge in [0.1, 0.15) is 5.01 Å². The summed E-state index contributed by atoms with van der Waals surface area (Å²) < 4.78 is 38.3. The third-order valence-corrected chi connectivity index (χ3v) is 7.47. The molecule has 3 aromatic rings. The van der Waals surface area contributed by atoms with Crippen molar-refractivity contribution < 1.29 is 22.4 Å². The van der Waals surface area contributed by atoms with E-state index in [1.807, 2.05) is 18.2 Å². The number of aromatic nitrogens is 1. The van der Waals surface area contributed by atoms with Crippen LogP contribution in [0.1, 0.15) is 22.5 Å². The molecule has 2 aromatic heterocycles. The number of para-hydroxylation sites is 1. The lowest BCUT2D eigenvalue weighted by atomic mass is 10.3. The number of benzene rings is 1. The highest BCUT2D eigenvalue weighted by atomic mass is 32.2. The lowest BCUT2D eigenvalue weighted by molar-refractivity contribution is 0.0483. The predicted octanol–water partition coefficient (Wildman–Crippen LogP) is 2.57. The zero-order valence-corrected chi connectivity index (χ0v) is 17.5. The Bertz CT molecular complexity index is 1080. The topological polar surface area (TPSA) is 93.0 Å². The summed E-state index contributed by atoms with van der Waals surface area (Å²) in [6, 6.07) is 10.6. The van der Waals surface area contributed by atoms with Crippen molar-refractivity contribution in [3.8, 4) is 0 Å². The van der Waals surface area contributed by atoms with Gasteiger partial charge in [0.2, 0.25) is 10.9 Å². The summed E-state index contributed by atoms with van der Waals surface area (Å²) in [6.07, 6.45) is 0. The number of esters is 1. The van der Waals surface area contributed by atoms with Crippen LogP contribution in [0.2, 0.25) is 0 Å². The van der Waals surface area contributed by atoms with Gasteiger partial charge in [-0.25, -0.2) is 18.2 Å². The van der Waals surface area contributed by atoms with Crippen LogP contribution in [0, 0.1) is 0 Å². The first-order chi connectivity index (χ1) is 14.0. The van der Waals surface area contributed by atoms with Crippen LogP contribution in [0.15, 0.2) is 45.9 Å². The number of carbonyl (C=O) groups excluding carboxylic acids is 1. The van der Waals surface area contributed by atoms with E-state index in [-0.39, 0.29) is 17.5 Å². The molecule has 0 saturated carbocycles. The summed E-state index contributed by atoms with van der Waals surface area (Å²) in [5, 5.41) is 0.785. The molecule has 4 rings (SSSR count). The molecule has 1 aromatic carbocycles. The van der Waals surface area contributed by atoms with E-state index in [4.69, 9.17) is 9.15 Å². The lowest BCUT2D eigenvalue weighted by Gasteiger charge is -2.32. The molecule has 0 spiro atoms. The average molecular weight is 436 g/mol. The minimum atomic E-state index is -3.79. The molecule has 10 heteroatoms. The van der Waals surface area contributed by atoms with Crippen LogP contribution >= 0.6 is 11.3 Å². The van der Waals surface area contributed by atoms with Crippen molar-refractivity contribution in [3.63, 3.8) is 0 Å². The summed E-state index contributed by atoms with van der Waals surface area (Å²) in [5.74, 6) is -0.783. The molecular weight excluding hydrogens is 414 g/mol. The Hall–Kier alpha value is -2.27. The molecule has 154 valence electrons. The van der Waals surface area contributed by atoms with Crippen LogP contribution in [0.5, 0.6) is 0 Å². The van der Waals surface area contributed by atoms with Crippen molar-refractivity contribution in [1.82, 2.24) is 14.2 Å². The minimum Gasteiger partial charge on any atom is -0.460 e. The zero-order chi connectivity index (χ0) is 20.4. The second-order valence-corrected chi connectivity index (χ2v) is 9.58. The van der Waals surface area contributed by atoms with Crippen LogP contribution in [0.25, 0.3) is 10.2 Å². The van der Waals surface area contributed by atoms with Crippen molar-refractivity contribution in [2.45, 2.75) is 18.6 Å². The van der Waals surface area contributed by atoms with E-state index in [2.05, 4.69) is 16.0 Å². The largest absolute Gasteiger partial charge is 0.460 e. The Morgan fingerprint density at radius 3 is 2.66 bits per heavy atom. The number of hydrogen-bond acceptors (Lipinski definition) is 8. The molecule has 8 nitrogen and oxygen atoms in total. The first kappa shape index (κ1) is 20.0. The Morgan fingerprint density at radius 1 is 1.17 bits per heavy atom.